The lowest BCUT2D eigenvalue weighted by Crippen LogP contribution is -2.32. The Morgan fingerprint density at radius 1 is 1.03 bits per heavy atom. The van der Waals surface area contributed by atoms with E-state index in [1.807, 2.05) is 68.4 Å². The van der Waals surface area contributed by atoms with E-state index in [1.165, 1.54) is 0 Å². The Bertz CT molecular complexity index is 990. The number of hydrogen-bond acceptors (Lipinski definition) is 3. The summed E-state index contributed by atoms with van der Waals surface area (Å²) in [7, 11) is 3.30. The first kappa shape index (κ1) is 20.5. The molecule has 5 heteroatoms. The van der Waals surface area contributed by atoms with E-state index in [0.717, 1.165) is 40.6 Å². The summed E-state index contributed by atoms with van der Waals surface area (Å²) in [6, 6.07) is 17.8. The van der Waals surface area contributed by atoms with Crippen LogP contribution in [0.15, 0.2) is 54.6 Å². The van der Waals surface area contributed by atoms with E-state index in [-0.39, 0.29) is 11.9 Å². The van der Waals surface area contributed by atoms with Gasteiger partial charge in [0.15, 0.2) is 0 Å². The molecule has 1 N–H and O–H groups in total. The summed E-state index contributed by atoms with van der Waals surface area (Å²) in [6.07, 6.45) is 0.882. The Morgan fingerprint density at radius 3 is 2.34 bits per heavy atom. The molecule has 0 saturated carbocycles. The fraction of sp³-hybridized carbons (Fsp3) is 0.292. The van der Waals surface area contributed by atoms with Crippen LogP contribution in [0, 0.1) is 6.92 Å². The molecule has 1 atom stereocenters. The second-order valence-electron chi connectivity index (χ2n) is 7.08. The number of carbonyl (C=O) groups is 1. The molecule has 1 amide bonds. The molecule has 0 fully saturated rings. The smallest absolute Gasteiger partial charge is 0.253 e. The zero-order valence-corrected chi connectivity index (χ0v) is 17.7. The Hall–Kier alpha value is -3.21. The first-order chi connectivity index (χ1) is 14.0. The van der Waals surface area contributed by atoms with Gasteiger partial charge in [0.05, 0.1) is 25.5 Å². The van der Waals surface area contributed by atoms with Crippen molar-refractivity contribution in [1.82, 2.24) is 9.88 Å². The number of nitrogens with zero attached hydrogens (tertiary/aromatic N) is 1. The number of nitrogens with one attached hydrogen (secondary N) is 1. The standard InChI is InChI=1S/C24H28N2O3/c1-6-16(2)25-24(27)22-15-23(18-10-12-20(28-4)13-11-18)26(17(22)3)19-8-7-9-21(14-19)29-5/h7-16H,6H2,1-5H3,(H,25,27)/t16-/m0/s1. The Kier molecular flexibility index (Phi) is 6.27. The largest absolute Gasteiger partial charge is 0.497 e. The molecule has 3 aromatic rings. The van der Waals surface area contributed by atoms with Crippen molar-refractivity contribution in [2.75, 3.05) is 14.2 Å². The average Bonchev–Trinajstić information content (AvgIpc) is 3.10. The quantitative estimate of drug-likeness (QED) is 0.616. The third-order valence-corrected chi connectivity index (χ3v) is 5.18. The average molecular weight is 392 g/mol. The van der Waals surface area contributed by atoms with Crippen LogP contribution < -0.4 is 14.8 Å². The van der Waals surface area contributed by atoms with Crippen LogP contribution in [-0.4, -0.2) is 30.7 Å². The molecule has 0 saturated heterocycles. The summed E-state index contributed by atoms with van der Waals surface area (Å²) in [4.78, 5) is 12.9. The molecular weight excluding hydrogens is 364 g/mol. The number of aromatic nitrogens is 1. The van der Waals surface area contributed by atoms with Gasteiger partial charge in [0, 0.05) is 23.5 Å². The molecule has 3 rings (SSSR count). The molecule has 29 heavy (non-hydrogen) atoms. The zero-order chi connectivity index (χ0) is 21.0. The molecule has 0 spiro atoms. The second kappa shape index (κ2) is 8.86. The molecule has 0 bridgehead atoms. The van der Waals surface area contributed by atoms with Gasteiger partial charge < -0.3 is 19.4 Å². The third kappa shape index (κ3) is 4.29. The van der Waals surface area contributed by atoms with Gasteiger partial charge in [-0.1, -0.05) is 13.0 Å². The summed E-state index contributed by atoms with van der Waals surface area (Å²) in [5, 5.41) is 3.07. The lowest BCUT2D eigenvalue weighted by Gasteiger charge is -2.14. The van der Waals surface area contributed by atoms with Gasteiger partial charge in [-0.25, -0.2) is 0 Å². The minimum atomic E-state index is -0.0618. The fourth-order valence-corrected chi connectivity index (χ4v) is 3.30. The second-order valence-corrected chi connectivity index (χ2v) is 7.08. The molecule has 0 radical (unpaired) electrons. The SMILES string of the molecule is CC[C@H](C)NC(=O)c1cc(-c2ccc(OC)cc2)n(-c2cccc(OC)c2)c1C. The molecule has 0 aliphatic carbocycles. The Morgan fingerprint density at radius 2 is 1.72 bits per heavy atom. The molecule has 5 nitrogen and oxygen atoms in total. The van der Waals surface area contributed by atoms with Gasteiger partial charge in [0.25, 0.3) is 5.91 Å². The molecule has 0 aliphatic heterocycles. The van der Waals surface area contributed by atoms with Gasteiger partial charge in [-0.2, -0.15) is 0 Å². The topological polar surface area (TPSA) is 52.5 Å². The van der Waals surface area contributed by atoms with E-state index in [0.29, 0.717) is 5.56 Å². The van der Waals surface area contributed by atoms with Crippen LogP contribution in [-0.2, 0) is 0 Å². The summed E-state index contributed by atoms with van der Waals surface area (Å²) in [5.41, 5.74) is 4.42. The Labute approximate surface area is 172 Å². The highest BCUT2D eigenvalue weighted by molar-refractivity contribution is 5.97. The minimum Gasteiger partial charge on any atom is -0.497 e. The van der Waals surface area contributed by atoms with Gasteiger partial charge in [-0.05, 0) is 68.3 Å². The number of benzene rings is 2. The van der Waals surface area contributed by atoms with Crippen LogP contribution in [0.1, 0.15) is 36.3 Å². The molecule has 0 unspecified atom stereocenters. The maximum atomic E-state index is 12.9. The number of hydrogen-bond donors (Lipinski definition) is 1. The number of carbonyl (C=O) groups excluding carboxylic acids is 1. The molecule has 152 valence electrons. The number of rotatable bonds is 7. The van der Waals surface area contributed by atoms with E-state index in [4.69, 9.17) is 9.47 Å². The highest BCUT2D eigenvalue weighted by atomic mass is 16.5. The normalized spacial score (nSPS) is 11.8. The van der Waals surface area contributed by atoms with Crippen molar-refractivity contribution in [2.24, 2.45) is 0 Å². The molecule has 0 aliphatic rings. The van der Waals surface area contributed by atoms with Crippen LogP contribution in [0.3, 0.4) is 0 Å². The maximum absolute atomic E-state index is 12.9. The van der Waals surface area contributed by atoms with Gasteiger partial charge >= 0.3 is 0 Å². The minimum absolute atomic E-state index is 0.0618. The van der Waals surface area contributed by atoms with Crippen LogP contribution in [0.4, 0.5) is 0 Å². The highest BCUT2D eigenvalue weighted by Crippen LogP contribution is 2.32. The van der Waals surface area contributed by atoms with Gasteiger partial charge in [-0.15, -0.1) is 0 Å². The van der Waals surface area contributed by atoms with E-state index in [9.17, 15) is 4.79 Å². The number of methoxy groups -OCH3 is 2. The summed E-state index contributed by atoms with van der Waals surface area (Å²) in [5.74, 6) is 1.50. The maximum Gasteiger partial charge on any atom is 0.253 e. The van der Waals surface area contributed by atoms with Crippen LogP contribution in [0.2, 0.25) is 0 Å². The predicted octanol–water partition coefficient (Wildman–Crippen LogP) is 5.00. The van der Waals surface area contributed by atoms with E-state index < -0.39 is 0 Å². The highest BCUT2D eigenvalue weighted by Gasteiger charge is 2.20. The molecule has 1 aromatic heterocycles. The van der Waals surface area contributed by atoms with Crippen molar-refractivity contribution in [1.29, 1.82) is 0 Å². The predicted molar refractivity (Wildman–Crippen MR) is 116 cm³/mol. The lowest BCUT2D eigenvalue weighted by atomic mass is 10.1. The number of ether oxygens (including phenoxy) is 2. The molecular formula is C24H28N2O3. The van der Waals surface area contributed by atoms with E-state index in [1.54, 1.807) is 14.2 Å². The van der Waals surface area contributed by atoms with Gasteiger partial charge in [-0.3, -0.25) is 4.79 Å². The molecule has 2 aromatic carbocycles. The van der Waals surface area contributed by atoms with Crippen LogP contribution in [0.5, 0.6) is 11.5 Å². The van der Waals surface area contributed by atoms with Crippen molar-refractivity contribution in [3.63, 3.8) is 0 Å². The van der Waals surface area contributed by atoms with Crippen LogP contribution >= 0.6 is 0 Å². The van der Waals surface area contributed by atoms with Crippen molar-refractivity contribution in [3.8, 4) is 28.4 Å². The fourth-order valence-electron chi connectivity index (χ4n) is 3.30. The first-order valence-electron chi connectivity index (χ1n) is 9.80. The van der Waals surface area contributed by atoms with E-state index >= 15 is 0 Å². The van der Waals surface area contributed by atoms with Gasteiger partial charge in [0.2, 0.25) is 0 Å². The van der Waals surface area contributed by atoms with Crippen molar-refractivity contribution in [2.45, 2.75) is 33.2 Å². The summed E-state index contributed by atoms with van der Waals surface area (Å²) < 4.78 is 12.8. The van der Waals surface area contributed by atoms with Crippen molar-refractivity contribution in [3.05, 3.63) is 65.9 Å². The van der Waals surface area contributed by atoms with Crippen molar-refractivity contribution >= 4 is 5.91 Å². The van der Waals surface area contributed by atoms with E-state index in [2.05, 4.69) is 16.8 Å². The van der Waals surface area contributed by atoms with Crippen LogP contribution in [0.25, 0.3) is 16.9 Å². The Balaban J connectivity index is 2.16. The monoisotopic (exact) mass is 392 g/mol. The van der Waals surface area contributed by atoms with Gasteiger partial charge in [0.1, 0.15) is 11.5 Å². The molecule has 1 heterocycles. The summed E-state index contributed by atoms with van der Waals surface area (Å²) in [6.45, 7) is 6.04. The third-order valence-electron chi connectivity index (χ3n) is 5.18. The zero-order valence-electron chi connectivity index (χ0n) is 17.7. The lowest BCUT2D eigenvalue weighted by molar-refractivity contribution is 0.0938. The summed E-state index contributed by atoms with van der Waals surface area (Å²) >= 11 is 0. The van der Waals surface area contributed by atoms with Crippen molar-refractivity contribution < 1.29 is 14.3 Å². The first-order valence-corrected chi connectivity index (χ1v) is 9.80. The number of amides is 1.